The van der Waals surface area contributed by atoms with Gasteiger partial charge in [0.1, 0.15) is 5.82 Å². The Morgan fingerprint density at radius 1 is 1.30 bits per heavy atom. The zero-order valence-corrected chi connectivity index (χ0v) is 13.4. The number of nitrogens with zero attached hydrogens (tertiary/aromatic N) is 2. The van der Waals surface area contributed by atoms with E-state index in [1.165, 1.54) is 25.7 Å². The minimum atomic E-state index is 0.477. The molecule has 0 radical (unpaired) electrons. The lowest BCUT2D eigenvalue weighted by Crippen LogP contribution is -2.31. The highest BCUT2D eigenvalue weighted by molar-refractivity contribution is 5.49. The van der Waals surface area contributed by atoms with Gasteiger partial charge in [-0.1, -0.05) is 20.3 Å². The Bertz CT molecular complexity index is 407. The van der Waals surface area contributed by atoms with Crippen LogP contribution in [0.2, 0.25) is 0 Å². The van der Waals surface area contributed by atoms with E-state index in [4.69, 9.17) is 0 Å². The molecule has 0 bridgehead atoms. The molecule has 1 atom stereocenters. The summed E-state index contributed by atoms with van der Waals surface area (Å²) in [7, 11) is 0. The van der Waals surface area contributed by atoms with Gasteiger partial charge >= 0.3 is 0 Å². The summed E-state index contributed by atoms with van der Waals surface area (Å²) >= 11 is 0. The fourth-order valence-corrected chi connectivity index (χ4v) is 3.26. The molecule has 2 rings (SSSR count). The molecule has 0 saturated heterocycles. The minimum Gasteiger partial charge on any atom is -0.381 e. The van der Waals surface area contributed by atoms with Crippen LogP contribution in [0.4, 0.5) is 11.5 Å². The van der Waals surface area contributed by atoms with Gasteiger partial charge < -0.3 is 10.2 Å². The van der Waals surface area contributed by atoms with E-state index in [1.54, 1.807) is 0 Å². The van der Waals surface area contributed by atoms with Crippen molar-refractivity contribution in [2.24, 2.45) is 5.41 Å². The van der Waals surface area contributed by atoms with Gasteiger partial charge in [-0.15, -0.1) is 0 Å². The molecule has 0 aromatic carbocycles. The molecule has 1 unspecified atom stereocenters. The molecular weight excluding hydrogens is 246 g/mol. The van der Waals surface area contributed by atoms with E-state index in [2.05, 4.69) is 55.0 Å². The molecular formula is C17H29N3. The standard InChI is InChI=1S/C17H29N3/c1-5-20(6-2)16-10-9-15(13-18-16)19-14-8-7-11-17(3,4)12-14/h9-10,13-14,19H,5-8,11-12H2,1-4H3. The van der Waals surface area contributed by atoms with Crippen LogP contribution in [0.3, 0.4) is 0 Å². The van der Waals surface area contributed by atoms with E-state index < -0.39 is 0 Å². The van der Waals surface area contributed by atoms with E-state index in [-0.39, 0.29) is 0 Å². The van der Waals surface area contributed by atoms with E-state index in [9.17, 15) is 0 Å². The number of rotatable bonds is 5. The molecule has 20 heavy (non-hydrogen) atoms. The Morgan fingerprint density at radius 3 is 2.60 bits per heavy atom. The van der Waals surface area contributed by atoms with Gasteiger partial charge in [0, 0.05) is 19.1 Å². The summed E-state index contributed by atoms with van der Waals surface area (Å²) in [5.74, 6) is 1.07. The first kappa shape index (κ1) is 15.1. The summed E-state index contributed by atoms with van der Waals surface area (Å²) in [6.45, 7) is 11.1. The van der Waals surface area contributed by atoms with Crippen molar-refractivity contribution in [3.8, 4) is 0 Å². The molecule has 1 fully saturated rings. The van der Waals surface area contributed by atoms with Crippen LogP contribution >= 0.6 is 0 Å². The van der Waals surface area contributed by atoms with Gasteiger partial charge in [-0.2, -0.15) is 0 Å². The van der Waals surface area contributed by atoms with Crippen LogP contribution in [0.15, 0.2) is 18.3 Å². The molecule has 1 saturated carbocycles. The molecule has 3 nitrogen and oxygen atoms in total. The summed E-state index contributed by atoms with van der Waals surface area (Å²) < 4.78 is 0. The number of hydrogen-bond acceptors (Lipinski definition) is 3. The second-order valence-corrected chi connectivity index (χ2v) is 6.68. The van der Waals surface area contributed by atoms with Gasteiger partial charge in [-0.05, 0) is 50.7 Å². The Hall–Kier alpha value is -1.25. The Balaban J connectivity index is 1.97. The summed E-state index contributed by atoms with van der Waals surface area (Å²) in [6, 6.07) is 4.89. The van der Waals surface area contributed by atoms with Crippen LogP contribution in [-0.4, -0.2) is 24.1 Å². The number of hydrogen-bond donors (Lipinski definition) is 1. The highest BCUT2D eigenvalue weighted by Gasteiger charge is 2.27. The third-order valence-electron chi connectivity index (χ3n) is 4.41. The molecule has 0 amide bonds. The molecule has 0 spiro atoms. The van der Waals surface area contributed by atoms with Crippen LogP contribution in [0.5, 0.6) is 0 Å². The Labute approximate surface area is 123 Å². The molecule has 3 heteroatoms. The van der Waals surface area contributed by atoms with Crippen molar-refractivity contribution < 1.29 is 0 Å². The van der Waals surface area contributed by atoms with Crippen molar-refractivity contribution in [3.05, 3.63) is 18.3 Å². The molecule has 1 aromatic heterocycles. The van der Waals surface area contributed by atoms with E-state index in [0.717, 1.165) is 24.6 Å². The molecule has 1 aliphatic carbocycles. The SMILES string of the molecule is CCN(CC)c1ccc(NC2CCCC(C)(C)C2)cn1. The summed E-state index contributed by atoms with van der Waals surface area (Å²) in [5.41, 5.74) is 1.63. The monoisotopic (exact) mass is 275 g/mol. The third-order valence-corrected chi connectivity index (χ3v) is 4.41. The predicted octanol–water partition coefficient (Wildman–Crippen LogP) is 4.31. The van der Waals surface area contributed by atoms with E-state index in [1.807, 2.05) is 6.20 Å². The molecule has 1 aliphatic rings. The fraction of sp³-hybridized carbons (Fsp3) is 0.706. The quantitative estimate of drug-likeness (QED) is 0.868. The zero-order valence-electron chi connectivity index (χ0n) is 13.4. The normalized spacial score (nSPS) is 21.5. The van der Waals surface area contributed by atoms with Gasteiger partial charge in [-0.25, -0.2) is 4.98 Å². The van der Waals surface area contributed by atoms with Crippen molar-refractivity contribution in [2.75, 3.05) is 23.3 Å². The molecule has 1 aromatic rings. The van der Waals surface area contributed by atoms with Gasteiger partial charge in [0.25, 0.3) is 0 Å². The number of nitrogens with one attached hydrogen (secondary N) is 1. The highest BCUT2D eigenvalue weighted by atomic mass is 15.2. The first-order chi connectivity index (χ1) is 9.54. The van der Waals surface area contributed by atoms with Crippen LogP contribution in [0.1, 0.15) is 53.4 Å². The average Bonchev–Trinajstić information content (AvgIpc) is 2.41. The van der Waals surface area contributed by atoms with E-state index in [0.29, 0.717) is 11.5 Å². The Morgan fingerprint density at radius 2 is 2.05 bits per heavy atom. The molecule has 0 aliphatic heterocycles. The lowest BCUT2D eigenvalue weighted by Gasteiger charge is -2.36. The lowest BCUT2D eigenvalue weighted by molar-refractivity contribution is 0.229. The third kappa shape index (κ3) is 3.87. The molecule has 1 heterocycles. The van der Waals surface area contributed by atoms with Gasteiger partial charge in [0.2, 0.25) is 0 Å². The topological polar surface area (TPSA) is 28.2 Å². The van der Waals surface area contributed by atoms with E-state index >= 15 is 0 Å². The number of anilines is 2. The van der Waals surface area contributed by atoms with Crippen LogP contribution < -0.4 is 10.2 Å². The fourth-order valence-electron chi connectivity index (χ4n) is 3.26. The first-order valence-corrected chi connectivity index (χ1v) is 8.01. The minimum absolute atomic E-state index is 0.477. The Kier molecular flexibility index (Phi) is 4.90. The first-order valence-electron chi connectivity index (χ1n) is 8.01. The smallest absolute Gasteiger partial charge is 0.128 e. The summed E-state index contributed by atoms with van der Waals surface area (Å²) in [5, 5.41) is 3.66. The van der Waals surface area contributed by atoms with Crippen LogP contribution in [0.25, 0.3) is 0 Å². The lowest BCUT2D eigenvalue weighted by atomic mass is 9.75. The predicted molar refractivity (Wildman–Crippen MR) is 87.5 cm³/mol. The zero-order chi connectivity index (χ0) is 14.6. The molecule has 112 valence electrons. The van der Waals surface area contributed by atoms with Gasteiger partial charge in [-0.3, -0.25) is 0 Å². The van der Waals surface area contributed by atoms with Crippen molar-refractivity contribution >= 4 is 11.5 Å². The summed E-state index contributed by atoms with van der Waals surface area (Å²) in [4.78, 5) is 6.86. The molecule has 1 N–H and O–H groups in total. The van der Waals surface area contributed by atoms with Crippen molar-refractivity contribution in [1.82, 2.24) is 4.98 Å². The second-order valence-electron chi connectivity index (χ2n) is 6.68. The maximum Gasteiger partial charge on any atom is 0.128 e. The van der Waals surface area contributed by atoms with Gasteiger partial charge in [0.05, 0.1) is 11.9 Å². The largest absolute Gasteiger partial charge is 0.381 e. The highest BCUT2D eigenvalue weighted by Crippen LogP contribution is 2.36. The number of pyridine rings is 1. The van der Waals surface area contributed by atoms with Crippen molar-refractivity contribution in [3.63, 3.8) is 0 Å². The van der Waals surface area contributed by atoms with Crippen molar-refractivity contribution in [2.45, 2.75) is 59.4 Å². The average molecular weight is 275 g/mol. The second kappa shape index (κ2) is 6.47. The number of aromatic nitrogens is 1. The maximum atomic E-state index is 4.59. The summed E-state index contributed by atoms with van der Waals surface area (Å²) in [6.07, 6.45) is 7.20. The van der Waals surface area contributed by atoms with Crippen LogP contribution in [-0.2, 0) is 0 Å². The van der Waals surface area contributed by atoms with Crippen molar-refractivity contribution in [1.29, 1.82) is 0 Å². The van der Waals surface area contributed by atoms with Crippen LogP contribution in [0, 0.1) is 5.41 Å². The maximum absolute atomic E-state index is 4.59. The van der Waals surface area contributed by atoms with Gasteiger partial charge in [0.15, 0.2) is 0 Å².